The molecular weight excluding hydrogens is 345 g/mol. The van der Waals surface area contributed by atoms with E-state index in [0.717, 1.165) is 0 Å². The van der Waals surface area contributed by atoms with Gasteiger partial charge in [-0.2, -0.15) is 0 Å². The lowest BCUT2D eigenvalue weighted by molar-refractivity contribution is 0.103. The number of carbonyl (C=O) groups excluding carboxylic acids is 1. The predicted molar refractivity (Wildman–Crippen MR) is 100 cm³/mol. The van der Waals surface area contributed by atoms with Gasteiger partial charge in [-0.05, 0) is 31.5 Å². The number of rotatable bonds is 7. The van der Waals surface area contributed by atoms with Crippen LogP contribution in [0.2, 0.25) is 5.02 Å². The molecule has 2 atom stereocenters. The van der Waals surface area contributed by atoms with E-state index in [-0.39, 0.29) is 43.5 Å². The Morgan fingerprint density at radius 1 is 1.44 bits per heavy atom. The number of pyridine rings is 1. The van der Waals surface area contributed by atoms with Crippen molar-refractivity contribution in [2.75, 3.05) is 12.3 Å². The van der Waals surface area contributed by atoms with Crippen LogP contribution in [0, 0.1) is 5.82 Å². The number of aromatic nitrogens is 1. The Hall–Kier alpha value is -2.02. The highest BCUT2D eigenvalue weighted by Crippen LogP contribution is 2.29. The second-order valence-corrected chi connectivity index (χ2v) is 6.24. The number of ketones is 1. The molecule has 0 aliphatic heterocycles. The molecule has 7 heteroatoms. The Labute approximate surface area is 154 Å². The monoisotopic (exact) mass is 369 g/mol. The molecule has 0 radical (unpaired) electrons. The number of nitrogens with zero attached hydrogens (tertiary/aromatic N) is 1. The molecule has 25 heavy (non-hydrogen) atoms. The molecule has 1 aromatic carbocycles. The van der Waals surface area contributed by atoms with Crippen LogP contribution in [0.15, 0.2) is 30.5 Å². The molecule has 0 aliphatic carbocycles. The second-order valence-electron chi connectivity index (χ2n) is 5.84. The first-order chi connectivity index (χ1) is 11.9. The van der Waals surface area contributed by atoms with E-state index in [1.807, 2.05) is 6.92 Å². The summed E-state index contributed by atoms with van der Waals surface area (Å²) in [5.74, 6) is -0.953. The highest BCUT2D eigenvalue weighted by Gasteiger charge is 2.24. The van der Waals surface area contributed by atoms with Crippen LogP contribution in [-0.4, -0.2) is 28.5 Å². The lowest BCUT2D eigenvalue weighted by Crippen LogP contribution is -2.33. The van der Waals surface area contributed by atoms with Gasteiger partial charge in [0.15, 0.2) is 5.78 Å². The van der Waals surface area contributed by atoms with Crippen molar-refractivity contribution in [3.63, 3.8) is 0 Å². The number of hydrogen-bond donors (Lipinski definition) is 3. The van der Waals surface area contributed by atoms with Crippen LogP contribution >= 0.6 is 11.6 Å². The van der Waals surface area contributed by atoms with E-state index in [4.69, 9.17) is 17.3 Å². The minimum atomic E-state index is -0.668. The smallest absolute Gasteiger partial charge is 0.199 e. The number of halogens is 2. The number of aliphatic hydroxyl groups is 1. The van der Waals surface area contributed by atoms with Gasteiger partial charge in [0.25, 0.3) is 0 Å². The summed E-state index contributed by atoms with van der Waals surface area (Å²) in [5.41, 5.74) is 5.86. The van der Waals surface area contributed by atoms with Crippen LogP contribution in [-0.2, 0) is 0 Å². The van der Waals surface area contributed by atoms with Gasteiger partial charge in [0.1, 0.15) is 11.6 Å². The molecule has 1 aromatic heterocycles. The fourth-order valence-electron chi connectivity index (χ4n) is 2.55. The molecule has 0 bridgehead atoms. The third kappa shape index (κ3) is 4.34. The second kappa shape index (κ2) is 8.38. The molecule has 0 saturated carbocycles. The number of benzene rings is 1. The standard InChI is InChI=1S/C18H21ClFN3O2.2H2/c1-3-14(23-10(2)9-24)12-5-6-13(19)16(17(12)20)18(25)11-4-7-15(21)22-8-11;;/h4-8,10,14,23-24H,3,9H2,1-2H3,(H2,21,22);2*1H/t10-,14+;;/m1../s1. The Morgan fingerprint density at radius 3 is 2.72 bits per heavy atom. The van der Waals surface area contributed by atoms with Gasteiger partial charge >= 0.3 is 0 Å². The molecule has 0 spiro atoms. The molecule has 2 aromatic rings. The van der Waals surface area contributed by atoms with Crippen molar-refractivity contribution in [1.29, 1.82) is 0 Å². The van der Waals surface area contributed by atoms with Crippen molar-refractivity contribution in [2.24, 2.45) is 0 Å². The minimum Gasteiger partial charge on any atom is -0.395 e. The average Bonchev–Trinajstić information content (AvgIpc) is 2.60. The first-order valence-corrected chi connectivity index (χ1v) is 8.37. The number of nitrogens with one attached hydrogen (secondary N) is 1. The molecule has 0 fully saturated rings. The summed E-state index contributed by atoms with van der Waals surface area (Å²) in [6.45, 7) is 3.61. The van der Waals surface area contributed by atoms with E-state index in [1.54, 1.807) is 13.0 Å². The van der Waals surface area contributed by atoms with Gasteiger partial charge in [-0.1, -0.05) is 24.6 Å². The summed E-state index contributed by atoms with van der Waals surface area (Å²) < 4.78 is 15.1. The van der Waals surface area contributed by atoms with Crippen LogP contribution in [0.25, 0.3) is 0 Å². The van der Waals surface area contributed by atoms with Crippen LogP contribution in [0.4, 0.5) is 10.2 Å². The maximum Gasteiger partial charge on any atom is 0.199 e. The number of carbonyl (C=O) groups is 1. The summed E-state index contributed by atoms with van der Waals surface area (Å²) in [4.78, 5) is 16.5. The summed E-state index contributed by atoms with van der Waals surface area (Å²) in [5, 5.41) is 12.4. The molecule has 5 nitrogen and oxygen atoms in total. The highest BCUT2D eigenvalue weighted by atomic mass is 35.5. The fraction of sp³-hybridized carbons (Fsp3) is 0.333. The maximum atomic E-state index is 15.1. The van der Waals surface area contributed by atoms with Gasteiger partial charge in [-0.25, -0.2) is 9.37 Å². The van der Waals surface area contributed by atoms with Gasteiger partial charge in [0.2, 0.25) is 0 Å². The maximum absolute atomic E-state index is 15.1. The van der Waals surface area contributed by atoms with E-state index in [9.17, 15) is 9.90 Å². The van der Waals surface area contributed by atoms with E-state index in [0.29, 0.717) is 12.0 Å². The number of anilines is 1. The van der Waals surface area contributed by atoms with Crippen molar-refractivity contribution < 1.29 is 17.1 Å². The van der Waals surface area contributed by atoms with Crippen molar-refractivity contribution in [1.82, 2.24) is 10.3 Å². The molecule has 0 unspecified atom stereocenters. The zero-order valence-electron chi connectivity index (χ0n) is 14.1. The first kappa shape index (κ1) is 19.3. The van der Waals surface area contributed by atoms with Crippen LogP contribution in [0.3, 0.4) is 0 Å². The SMILES string of the molecule is CC[C@H](N[C@H](C)CO)c1ccc(Cl)c(C(=O)c2ccc(N)nc2)c1F.[HH].[HH]. The topological polar surface area (TPSA) is 88.2 Å². The van der Waals surface area contributed by atoms with Crippen molar-refractivity contribution >= 4 is 23.2 Å². The summed E-state index contributed by atoms with van der Waals surface area (Å²) in [6, 6.07) is 5.46. The first-order valence-electron chi connectivity index (χ1n) is 8.00. The van der Waals surface area contributed by atoms with Crippen LogP contribution < -0.4 is 11.1 Å². The Balaban J connectivity index is 0.00000338. The van der Waals surface area contributed by atoms with Crippen molar-refractivity contribution in [2.45, 2.75) is 32.4 Å². The van der Waals surface area contributed by atoms with Crippen LogP contribution in [0.5, 0.6) is 0 Å². The quantitative estimate of drug-likeness (QED) is 0.649. The lowest BCUT2D eigenvalue weighted by atomic mass is 9.96. The average molecular weight is 370 g/mol. The molecule has 4 N–H and O–H groups in total. The Bertz CT molecular complexity index is 763. The third-order valence-corrected chi connectivity index (χ3v) is 4.25. The molecular formula is C18H25ClFN3O2. The summed E-state index contributed by atoms with van der Waals surface area (Å²) in [6.07, 6.45) is 1.88. The van der Waals surface area contributed by atoms with Crippen LogP contribution in [0.1, 0.15) is 50.6 Å². The van der Waals surface area contributed by atoms with E-state index < -0.39 is 11.6 Å². The minimum absolute atomic E-state index is 0. The van der Waals surface area contributed by atoms with Crippen molar-refractivity contribution in [3.05, 3.63) is 58.0 Å². The summed E-state index contributed by atoms with van der Waals surface area (Å²) >= 11 is 6.09. The fourth-order valence-corrected chi connectivity index (χ4v) is 2.79. The number of nitrogen functional groups attached to an aromatic ring is 1. The molecule has 1 heterocycles. The number of aliphatic hydroxyl groups excluding tert-OH is 1. The van der Waals surface area contributed by atoms with E-state index >= 15 is 4.39 Å². The number of nitrogens with two attached hydrogens (primary N) is 1. The summed E-state index contributed by atoms with van der Waals surface area (Å²) in [7, 11) is 0. The highest BCUT2D eigenvalue weighted by molar-refractivity contribution is 6.35. The molecule has 2 rings (SSSR count). The molecule has 0 amide bonds. The van der Waals surface area contributed by atoms with Gasteiger partial charge in [-0.3, -0.25) is 4.79 Å². The van der Waals surface area contributed by atoms with E-state index in [2.05, 4.69) is 10.3 Å². The molecule has 0 aliphatic rings. The normalized spacial score (nSPS) is 13.5. The van der Waals surface area contributed by atoms with E-state index in [1.165, 1.54) is 24.4 Å². The number of hydrogen-bond acceptors (Lipinski definition) is 5. The Morgan fingerprint density at radius 2 is 2.16 bits per heavy atom. The zero-order chi connectivity index (χ0) is 18.6. The molecule has 0 saturated heterocycles. The lowest BCUT2D eigenvalue weighted by Gasteiger charge is -2.23. The van der Waals surface area contributed by atoms with Gasteiger partial charge < -0.3 is 16.2 Å². The van der Waals surface area contributed by atoms with Crippen molar-refractivity contribution in [3.8, 4) is 0 Å². The van der Waals surface area contributed by atoms with Gasteiger partial charge in [-0.15, -0.1) is 0 Å². The zero-order valence-corrected chi connectivity index (χ0v) is 14.8. The Kier molecular flexibility index (Phi) is 6.47. The molecule has 138 valence electrons. The van der Waals surface area contributed by atoms with Gasteiger partial charge in [0.05, 0.1) is 17.2 Å². The van der Waals surface area contributed by atoms with Gasteiger partial charge in [0, 0.05) is 32.3 Å². The predicted octanol–water partition coefficient (Wildman–Crippen LogP) is 3.60. The largest absolute Gasteiger partial charge is 0.395 e. The third-order valence-electron chi connectivity index (χ3n) is 3.94.